The van der Waals surface area contributed by atoms with Crippen molar-refractivity contribution in [3.63, 3.8) is 0 Å². The first kappa shape index (κ1) is 19.5. The molecule has 0 bridgehead atoms. The Kier molecular flexibility index (Phi) is 5.67. The smallest absolute Gasteiger partial charge is 0.122 e. The van der Waals surface area contributed by atoms with Crippen molar-refractivity contribution in [1.29, 1.82) is 0 Å². The molecule has 2 nitrogen and oxygen atoms in total. The normalized spacial score (nSPS) is 11.0. The molecule has 0 unspecified atom stereocenters. The lowest BCUT2D eigenvalue weighted by atomic mass is 10.1. The molecule has 0 saturated heterocycles. The first-order valence-corrected chi connectivity index (χ1v) is 10.1. The first-order chi connectivity index (χ1) is 14.6. The molecule has 0 saturated carbocycles. The first-order valence-electron chi connectivity index (χ1n) is 10.1. The van der Waals surface area contributed by atoms with Gasteiger partial charge in [0.05, 0.1) is 0 Å². The van der Waals surface area contributed by atoms with Gasteiger partial charge in [0, 0.05) is 22.6 Å². The summed E-state index contributed by atoms with van der Waals surface area (Å²) in [5.41, 5.74) is 7.73. The summed E-state index contributed by atoms with van der Waals surface area (Å²) >= 11 is 0. The molecule has 0 fully saturated rings. The van der Waals surface area contributed by atoms with E-state index in [4.69, 9.17) is 0 Å². The summed E-state index contributed by atoms with van der Waals surface area (Å²) in [4.78, 5) is 2.26. The standard InChI is InChI=1S/C28H25NO/c1-21-7-15-25(16-8-21)29(26-17-9-22(2)10-18-26)27-19-12-23(13-20-27)11-14-24-5-3-4-6-28(24)30/h3-20,30H,1-2H3/b14-11+. The van der Waals surface area contributed by atoms with Gasteiger partial charge in [-0.15, -0.1) is 0 Å². The summed E-state index contributed by atoms with van der Waals surface area (Å²) in [6, 6.07) is 33.0. The maximum Gasteiger partial charge on any atom is 0.122 e. The van der Waals surface area contributed by atoms with Crippen LogP contribution in [0.3, 0.4) is 0 Å². The van der Waals surface area contributed by atoms with Crippen LogP contribution in [0.2, 0.25) is 0 Å². The maximum atomic E-state index is 9.94. The molecule has 2 heteroatoms. The summed E-state index contributed by atoms with van der Waals surface area (Å²) in [6.07, 6.45) is 3.95. The second-order valence-electron chi connectivity index (χ2n) is 7.49. The van der Waals surface area contributed by atoms with Crippen LogP contribution in [0.15, 0.2) is 97.1 Å². The third-order valence-electron chi connectivity index (χ3n) is 5.13. The number of nitrogens with zero attached hydrogens (tertiary/aromatic N) is 1. The SMILES string of the molecule is Cc1ccc(N(c2ccc(C)cc2)c2ccc(/C=C/c3ccccc3O)cc2)cc1. The van der Waals surface area contributed by atoms with Gasteiger partial charge < -0.3 is 10.0 Å². The predicted octanol–water partition coefficient (Wildman–Crippen LogP) is 7.65. The molecule has 0 aromatic heterocycles. The molecule has 0 aliphatic rings. The van der Waals surface area contributed by atoms with Gasteiger partial charge in [0.2, 0.25) is 0 Å². The van der Waals surface area contributed by atoms with Crippen LogP contribution in [0.4, 0.5) is 17.1 Å². The molecule has 148 valence electrons. The molecule has 0 aliphatic carbocycles. The number of benzene rings is 4. The molecule has 0 spiro atoms. The van der Waals surface area contributed by atoms with E-state index in [1.54, 1.807) is 6.07 Å². The molecule has 0 heterocycles. The van der Waals surface area contributed by atoms with Gasteiger partial charge in [0.15, 0.2) is 0 Å². The third kappa shape index (κ3) is 4.44. The third-order valence-corrected chi connectivity index (χ3v) is 5.13. The van der Waals surface area contributed by atoms with E-state index in [2.05, 4.69) is 91.5 Å². The van der Waals surface area contributed by atoms with Crippen molar-refractivity contribution >= 4 is 29.2 Å². The second kappa shape index (κ2) is 8.71. The van der Waals surface area contributed by atoms with Gasteiger partial charge >= 0.3 is 0 Å². The molecule has 1 N–H and O–H groups in total. The Hall–Kier alpha value is -3.78. The van der Waals surface area contributed by atoms with E-state index in [-0.39, 0.29) is 5.75 Å². The van der Waals surface area contributed by atoms with Gasteiger partial charge in [-0.25, -0.2) is 0 Å². The number of phenolic OH excluding ortho intramolecular Hbond substituents is 1. The Labute approximate surface area is 178 Å². The Morgan fingerprint density at radius 2 is 1.03 bits per heavy atom. The van der Waals surface area contributed by atoms with Crippen molar-refractivity contribution in [3.8, 4) is 5.75 Å². The number of phenols is 1. The zero-order valence-electron chi connectivity index (χ0n) is 17.3. The Balaban J connectivity index is 1.66. The van der Waals surface area contributed by atoms with Gasteiger partial charge in [-0.1, -0.05) is 77.9 Å². The average Bonchev–Trinajstić information content (AvgIpc) is 2.77. The highest BCUT2D eigenvalue weighted by Gasteiger charge is 2.12. The summed E-state index contributed by atoms with van der Waals surface area (Å²) in [5.74, 6) is 0.287. The maximum absolute atomic E-state index is 9.94. The van der Waals surface area contributed by atoms with Gasteiger partial charge in [0.1, 0.15) is 5.75 Å². The molecule has 0 aliphatic heterocycles. The van der Waals surface area contributed by atoms with E-state index in [0.717, 1.165) is 28.2 Å². The Bertz CT molecular complexity index is 1100. The van der Waals surface area contributed by atoms with Crippen LogP contribution in [0.1, 0.15) is 22.3 Å². The summed E-state index contributed by atoms with van der Waals surface area (Å²) in [7, 11) is 0. The lowest BCUT2D eigenvalue weighted by Gasteiger charge is -2.25. The molecule has 30 heavy (non-hydrogen) atoms. The minimum atomic E-state index is 0.287. The number of aromatic hydroxyl groups is 1. The summed E-state index contributed by atoms with van der Waals surface area (Å²) in [5, 5.41) is 9.94. The highest BCUT2D eigenvalue weighted by molar-refractivity contribution is 5.78. The second-order valence-corrected chi connectivity index (χ2v) is 7.49. The van der Waals surface area contributed by atoms with Crippen LogP contribution >= 0.6 is 0 Å². The number of rotatable bonds is 5. The van der Waals surface area contributed by atoms with E-state index in [1.807, 2.05) is 30.4 Å². The van der Waals surface area contributed by atoms with Crippen molar-refractivity contribution in [2.75, 3.05) is 4.90 Å². The zero-order chi connectivity index (χ0) is 20.9. The van der Waals surface area contributed by atoms with Crippen molar-refractivity contribution < 1.29 is 5.11 Å². The van der Waals surface area contributed by atoms with Crippen LogP contribution in [0.25, 0.3) is 12.2 Å². The van der Waals surface area contributed by atoms with Crippen molar-refractivity contribution in [1.82, 2.24) is 0 Å². The summed E-state index contributed by atoms with van der Waals surface area (Å²) in [6.45, 7) is 4.21. The summed E-state index contributed by atoms with van der Waals surface area (Å²) < 4.78 is 0. The van der Waals surface area contributed by atoms with E-state index in [1.165, 1.54) is 11.1 Å². The monoisotopic (exact) mass is 391 g/mol. The molecular weight excluding hydrogens is 366 g/mol. The van der Waals surface area contributed by atoms with Crippen LogP contribution in [0, 0.1) is 13.8 Å². The minimum Gasteiger partial charge on any atom is -0.507 e. The van der Waals surface area contributed by atoms with E-state index < -0.39 is 0 Å². The number of hydrogen-bond acceptors (Lipinski definition) is 2. The lowest BCUT2D eigenvalue weighted by Crippen LogP contribution is -2.09. The molecule has 0 amide bonds. The van der Waals surface area contributed by atoms with E-state index in [0.29, 0.717) is 0 Å². The molecular formula is C28H25NO. The minimum absolute atomic E-state index is 0.287. The topological polar surface area (TPSA) is 23.5 Å². The van der Waals surface area contributed by atoms with Gasteiger partial charge in [-0.3, -0.25) is 0 Å². The Morgan fingerprint density at radius 3 is 1.53 bits per heavy atom. The quantitative estimate of drug-likeness (QED) is 0.353. The fourth-order valence-corrected chi connectivity index (χ4v) is 3.38. The van der Waals surface area contributed by atoms with Gasteiger partial charge in [0.25, 0.3) is 0 Å². The average molecular weight is 392 g/mol. The van der Waals surface area contributed by atoms with Crippen molar-refractivity contribution in [2.45, 2.75) is 13.8 Å². The molecule has 4 rings (SSSR count). The van der Waals surface area contributed by atoms with E-state index >= 15 is 0 Å². The lowest BCUT2D eigenvalue weighted by molar-refractivity contribution is 0.474. The number of aryl methyl sites for hydroxylation is 2. The molecule has 0 atom stereocenters. The van der Waals surface area contributed by atoms with Crippen LogP contribution in [-0.4, -0.2) is 5.11 Å². The molecule has 0 radical (unpaired) electrons. The van der Waals surface area contributed by atoms with Crippen LogP contribution in [0.5, 0.6) is 5.75 Å². The molecule has 4 aromatic carbocycles. The molecule has 4 aromatic rings. The van der Waals surface area contributed by atoms with Crippen molar-refractivity contribution in [2.24, 2.45) is 0 Å². The zero-order valence-corrected chi connectivity index (χ0v) is 17.3. The highest BCUT2D eigenvalue weighted by atomic mass is 16.3. The number of para-hydroxylation sites is 1. The van der Waals surface area contributed by atoms with Gasteiger partial charge in [-0.05, 0) is 61.9 Å². The Morgan fingerprint density at radius 1 is 0.567 bits per heavy atom. The van der Waals surface area contributed by atoms with E-state index in [9.17, 15) is 5.11 Å². The van der Waals surface area contributed by atoms with Crippen LogP contribution in [-0.2, 0) is 0 Å². The van der Waals surface area contributed by atoms with Gasteiger partial charge in [-0.2, -0.15) is 0 Å². The fourth-order valence-electron chi connectivity index (χ4n) is 3.38. The largest absolute Gasteiger partial charge is 0.507 e. The fraction of sp³-hybridized carbons (Fsp3) is 0.0714. The predicted molar refractivity (Wildman–Crippen MR) is 128 cm³/mol. The number of anilines is 3. The highest BCUT2D eigenvalue weighted by Crippen LogP contribution is 2.35. The van der Waals surface area contributed by atoms with Crippen LogP contribution < -0.4 is 4.90 Å². The van der Waals surface area contributed by atoms with Crippen molar-refractivity contribution in [3.05, 3.63) is 119 Å². The number of hydrogen-bond donors (Lipinski definition) is 1.